The molecule has 0 amide bonds. The molecule has 0 fully saturated rings. The molecule has 1 aromatic carbocycles. The number of nitriles is 1. The smallest absolute Gasteiger partial charge is 0.102 e. The third-order valence-electron chi connectivity index (χ3n) is 1.52. The Hall–Kier alpha value is -1.33. The molecule has 1 atom stereocenters. The molecule has 0 bridgehead atoms. The molecule has 11 heavy (non-hydrogen) atoms. The van der Waals surface area contributed by atoms with Gasteiger partial charge in [0.05, 0.1) is 12.0 Å². The summed E-state index contributed by atoms with van der Waals surface area (Å²) in [4.78, 5) is 0. The highest BCUT2D eigenvalue weighted by Crippen LogP contribution is 2.12. The molecule has 0 aliphatic carbocycles. The van der Waals surface area contributed by atoms with E-state index in [1.807, 2.05) is 24.3 Å². The van der Waals surface area contributed by atoms with Gasteiger partial charge in [-0.3, -0.25) is 0 Å². The van der Waals surface area contributed by atoms with Gasteiger partial charge in [0.25, 0.3) is 0 Å². The molecule has 0 aliphatic heterocycles. The summed E-state index contributed by atoms with van der Waals surface area (Å²) in [6, 6.07) is 11.1. The molecular weight excluding hydrogens is 138 g/mol. The van der Waals surface area contributed by atoms with Crippen molar-refractivity contribution in [2.45, 2.75) is 5.92 Å². The van der Waals surface area contributed by atoms with Gasteiger partial charge in [0.2, 0.25) is 0 Å². The fraction of sp³-hybridized carbons (Fsp3) is 0.222. The van der Waals surface area contributed by atoms with Gasteiger partial charge in [0.15, 0.2) is 0 Å². The summed E-state index contributed by atoms with van der Waals surface area (Å²) >= 11 is 0. The number of nitrogens with zero attached hydrogens (tertiary/aromatic N) is 1. The lowest BCUT2D eigenvalue weighted by atomic mass is 10.0. The van der Waals surface area contributed by atoms with E-state index in [9.17, 15) is 5.11 Å². The normalized spacial score (nSPS) is 12.0. The van der Waals surface area contributed by atoms with Gasteiger partial charge in [-0.15, -0.1) is 0 Å². The summed E-state index contributed by atoms with van der Waals surface area (Å²) in [5.74, 6) is -0.490. The van der Waals surface area contributed by atoms with Crippen molar-refractivity contribution in [2.75, 3.05) is 6.61 Å². The van der Waals surface area contributed by atoms with E-state index >= 15 is 0 Å². The zero-order valence-electron chi connectivity index (χ0n) is 6.03. The number of rotatable bonds is 2. The first kappa shape index (κ1) is 7.77. The van der Waals surface area contributed by atoms with Crippen LogP contribution in [0, 0.1) is 11.3 Å². The SMILES string of the molecule is N#CC(C[O])c1ccccc1. The average Bonchev–Trinajstić information content (AvgIpc) is 2.09. The zero-order chi connectivity index (χ0) is 8.10. The van der Waals surface area contributed by atoms with Crippen molar-refractivity contribution < 1.29 is 5.11 Å². The fourth-order valence-corrected chi connectivity index (χ4v) is 0.893. The molecule has 0 aromatic heterocycles. The Labute approximate surface area is 65.7 Å². The Kier molecular flexibility index (Phi) is 2.65. The molecule has 0 N–H and O–H groups in total. The van der Waals surface area contributed by atoms with Crippen LogP contribution in [0.5, 0.6) is 0 Å². The van der Waals surface area contributed by atoms with Gasteiger partial charge in [0, 0.05) is 0 Å². The Balaban J connectivity index is 2.85. The molecule has 0 aliphatic rings. The molecule has 2 nitrogen and oxygen atoms in total. The number of hydrogen-bond donors (Lipinski definition) is 0. The first-order valence-corrected chi connectivity index (χ1v) is 3.41. The maximum absolute atomic E-state index is 10.4. The van der Waals surface area contributed by atoms with E-state index in [1.165, 1.54) is 0 Å². The Morgan fingerprint density at radius 2 is 2.00 bits per heavy atom. The molecule has 1 radical (unpaired) electrons. The standard InChI is InChI=1S/C9H8NO/c10-6-9(7-11)8-4-2-1-3-5-8/h1-5,9H,7H2. The number of benzene rings is 1. The minimum atomic E-state index is -0.490. The average molecular weight is 146 g/mol. The summed E-state index contributed by atoms with van der Waals surface area (Å²) in [7, 11) is 0. The van der Waals surface area contributed by atoms with Crippen molar-refractivity contribution >= 4 is 0 Å². The van der Waals surface area contributed by atoms with E-state index in [4.69, 9.17) is 5.26 Å². The van der Waals surface area contributed by atoms with E-state index in [0.29, 0.717) is 0 Å². The lowest BCUT2D eigenvalue weighted by molar-refractivity contribution is 0.187. The Morgan fingerprint density at radius 3 is 2.45 bits per heavy atom. The van der Waals surface area contributed by atoms with Crippen LogP contribution in [0.2, 0.25) is 0 Å². The van der Waals surface area contributed by atoms with Crippen LogP contribution in [-0.2, 0) is 5.11 Å². The second kappa shape index (κ2) is 3.75. The van der Waals surface area contributed by atoms with Gasteiger partial charge in [-0.1, -0.05) is 30.3 Å². The lowest BCUT2D eigenvalue weighted by Crippen LogP contribution is -1.98. The van der Waals surface area contributed by atoms with Crippen molar-refractivity contribution in [1.82, 2.24) is 0 Å². The highest BCUT2D eigenvalue weighted by Gasteiger charge is 2.07. The molecule has 1 aromatic rings. The first-order valence-electron chi connectivity index (χ1n) is 3.41. The summed E-state index contributed by atoms with van der Waals surface area (Å²) in [5.41, 5.74) is 0.810. The maximum Gasteiger partial charge on any atom is 0.102 e. The van der Waals surface area contributed by atoms with Crippen LogP contribution in [0.15, 0.2) is 30.3 Å². The van der Waals surface area contributed by atoms with Gasteiger partial charge in [-0.05, 0) is 5.56 Å². The molecule has 1 unspecified atom stereocenters. The lowest BCUT2D eigenvalue weighted by Gasteiger charge is -2.01. The molecule has 1 rings (SSSR count). The quantitative estimate of drug-likeness (QED) is 0.626. The van der Waals surface area contributed by atoms with Crippen molar-refractivity contribution in [2.24, 2.45) is 0 Å². The number of hydrogen-bond acceptors (Lipinski definition) is 1. The van der Waals surface area contributed by atoms with Gasteiger partial charge >= 0.3 is 0 Å². The van der Waals surface area contributed by atoms with Gasteiger partial charge in [-0.25, -0.2) is 5.11 Å². The molecule has 0 saturated carbocycles. The van der Waals surface area contributed by atoms with Crippen molar-refractivity contribution in [3.63, 3.8) is 0 Å². The molecule has 2 heteroatoms. The van der Waals surface area contributed by atoms with E-state index in [-0.39, 0.29) is 6.61 Å². The van der Waals surface area contributed by atoms with Crippen LogP contribution >= 0.6 is 0 Å². The topological polar surface area (TPSA) is 43.7 Å². The monoisotopic (exact) mass is 146 g/mol. The fourth-order valence-electron chi connectivity index (χ4n) is 0.893. The van der Waals surface area contributed by atoms with Gasteiger partial charge < -0.3 is 0 Å². The molecule has 0 spiro atoms. The third kappa shape index (κ3) is 1.79. The van der Waals surface area contributed by atoms with Crippen LogP contribution < -0.4 is 0 Å². The van der Waals surface area contributed by atoms with Crippen LogP contribution in [0.4, 0.5) is 0 Å². The first-order chi connectivity index (χ1) is 5.38. The maximum atomic E-state index is 10.4. The van der Waals surface area contributed by atoms with E-state index in [0.717, 1.165) is 5.56 Å². The molecule has 0 saturated heterocycles. The summed E-state index contributed by atoms with van der Waals surface area (Å²) in [5, 5.41) is 19.0. The zero-order valence-corrected chi connectivity index (χ0v) is 6.03. The summed E-state index contributed by atoms with van der Waals surface area (Å²) in [6.07, 6.45) is 0. The Bertz CT molecular complexity index is 250. The van der Waals surface area contributed by atoms with E-state index in [2.05, 4.69) is 0 Å². The third-order valence-corrected chi connectivity index (χ3v) is 1.52. The predicted octanol–water partition coefficient (Wildman–Crippen LogP) is 1.72. The highest BCUT2D eigenvalue weighted by atomic mass is 16.3. The summed E-state index contributed by atoms with van der Waals surface area (Å²) < 4.78 is 0. The Morgan fingerprint density at radius 1 is 1.36 bits per heavy atom. The van der Waals surface area contributed by atoms with Crippen molar-refractivity contribution in [3.05, 3.63) is 35.9 Å². The van der Waals surface area contributed by atoms with E-state index < -0.39 is 5.92 Å². The van der Waals surface area contributed by atoms with Gasteiger partial charge in [0.1, 0.15) is 6.61 Å². The van der Waals surface area contributed by atoms with Crippen LogP contribution in [0.1, 0.15) is 11.5 Å². The predicted molar refractivity (Wildman–Crippen MR) is 40.3 cm³/mol. The largest absolute Gasteiger partial charge is 0.235 e. The summed E-state index contributed by atoms with van der Waals surface area (Å²) in [6.45, 7) is -0.361. The molecule has 0 heterocycles. The van der Waals surface area contributed by atoms with Crippen LogP contribution in [0.3, 0.4) is 0 Å². The van der Waals surface area contributed by atoms with Crippen molar-refractivity contribution in [1.29, 1.82) is 5.26 Å². The second-order valence-electron chi connectivity index (χ2n) is 2.26. The van der Waals surface area contributed by atoms with Crippen LogP contribution in [0.25, 0.3) is 0 Å². The van der Waals surface area contributed by atoms with Crippen LogP contribution in [-0.4, -0.2) is 6.61 Å². The minimum absolute atomic E-state index is 0.361. The molecule has 55 valence electrons. The van der Waals surface area contributed by atoms with E-state index in [1.54, 1.807) is 12.1 Å². The second-order valence-corrected chi connectivity index (χ2v) is 2.26. The molecular formula is C9H8NO. The van der Waals surface area contributed by atoms with Crippen molar-refractivity contribution in [3.8, 4) is 6.07 Å². The minimum Gasteiger partial charge on any atom is -0.235 e. The highest BCUT2D eigenvalue weighted by molar-refractivity contribution is 5.24. The van der Waals surface area contributed by atoms with Gasteiger partial charge in [-0.2, -0.15) is 5.26 Å².